The van der Waals surface area contributed by atoms with E-state index >= 15 is 0 Å². The van der Waals surface area contributed by atoms with Crippen molar-refractivity contribution in [2.75, 3.05) is 6.54 Å². The SMILES string of the molecule is CCCNC(Cn1ccnc1C(C)C)c1ccccc1F. The molecule has 0 fully saturated rings. The van der Waals surface area contributed by atoms with Gasteiger partial charge >= 0.3 is 0 Å². The van der Waals surface area contributed by atoms with Gasteiger partial charge in [-0.3, -0.25) is 0 Å². The molecular formula is C17H24FN3. The quantitative estimate of drug-likeness (QED) is 0.838. The highest BCUT2D eigenvalue weighted by Crippen LogP contribution is 2.21. The van der Waals surface area contributed by atoms with Crippen LogP contribution in [0.2, 0.25) is 0 Å². The van der Waals surface area contributed by atoms with E-state index in [-0.39, 0.29) is 11.9 Å². The van der Waals surface area contributed by atoms with E-state index in [1.807, 2.05) is 24.5 Å². The number of nitrogens with one attached hydrogen (secondary N) is 1. The van der Waals surface area contributed by atoms with Gasteiger partial charge in [0.15, 0.2) is 0 Å². The van der Waals surface area contributed by atoms with E-state index < -0.39 is 0 Å². The number of aromatic nitrogens is 2. The van der Waals surface area contributed by atoms with Crippen LogP contribution in [0.5, 0.6) is 0 Å². The zero-order valence-corrected chi connectivity index (χ0v) is 13.0. The Hall–Kier alpha value is -1.68. The topological polar surface area (TPSA) is 29.9 Å². The molecule has 1 atom stereocenters. The van der Waals surface area contributed by atoms with Gasteiger partial charge in [0.2, 0.25) is 0 Å². The molecule has 0 radical (unpaired) electrons. The fourth-order valence-corrected chi connectivity index (χ4v) is 2.52. The Kier molecular flexibility index (Phi) is 5.51. The standard InChI is InChI=1S/C17H24FN3/c1-4-9-19-16(14-7-5-6-8-15(14)18)12-21-11-10-20-17(21)13(2)3/h5-8,10-11,13,16,19H,4,9,12H2,1-3H3. The molecule has 21 heavy (non-hydrogen) atoms. The number of imidazole rings is 1. The third-order valence-corrected chi connectivity index (χ3v) is 3.56. The molecule has 0 saturated heterocycles. The minimum Gasteiger partial charge on any atom is -0.333 e. The molecule has 1 N–H and O–H groups in total. The molecule has 0 bridgehead atoms. The summed E-state index contributed by atoms with van der Waals surface area (Å²) in [5.41, 5.74) is 0.717. The fraction of sp³-hybridized carbons (Fsp3) is 0.471. The van der Waals surface area contributed by atoms with E-state index in [1.165, 1.54) is 6.07 Å². The highest BCUT2D eigenvalue weighted by Gasteiger charge is 2.17. The molecule has 1 aromatic heterocycles. The number of halogens is 1. The highest BCUT2D eigenvalue weighted by molar-refractivity contribution is 5.21. The molecule has 0 aliphatic heterocycles. The van der Waals surface area contributed by atoms with E-state index in [9.17, 15) is 4.39 Å². The van der Waals surface area contributed by atoms with E-state index in [0.29, 0.717) is 18.0 Å². The summed E-state index contributed by atoms with van der Waals surface area (Å²) in [6.07, 6.45) is 4.80. The van der Waals surface area contributed by atoms with Crippen molar-refractivity contribution in [3.05, 3.63) is 53.9 Å². The number of nitrogens with zero attached hydrogens (tertiary/aromatic N) is 2. The lowest BCUT2D eigenvalue weighted by Crippen LogP contribution is -2.27. The van der Waals surface area contributed by atoms with E-state index in [0.717, 1.165) is 18.8 Å². The van der Waals surface area contributed by atoms with Crippen molar-refractivity contribution >= 4 is 0 Å². The summed E-state index contributed by atoms with van der Waals surface area (Å²) in [6, 6.07) is 6.95. The molecule has 0 saturated carbocycles. The number of hydrogen-bond donors (Lipinski definition) is 1. The van der Waals surface area contributed by atoms with Gasteiger partial charge in [0.1, 0.15) is 11.6 Å². The van der Waals surface area contributed by atoms with Gasteiger partial charge in [-0.25, -0.2) is 9.37 Å². The predicted octanol–water partition coefficient (Wildman–Crippen LogP) is 3.89. The van der Waals surface area contributed by atoms with Crippen molar-refractivity contribution in [1.29, 1.82) is 0 Å². The summed E-state index contributed by atoms with van der Waals surface area (Å²) in [4.78, 5) is 4.41. The zero-order chi connectivity index (χ0) is 15.2. The molecule has 0 aliphatic carbocycles. The summed E-state index contributed by atoms with van der Waals surface area (Å²) in [7, 11) is 0. The third-order valence-electron chi connectivity index (χ3n) is 3.56. The van der Waals surface area contributed by atoms with Gasteiger partial charge in [0.05, 0.1) is 6.04 Å². The van der Waals surface area contributed by atoms with Crippen LogP contribution in [-0.2, 0) is 6.54 Å². The van der Waals surface area contributed by atoms with Gasteiger partial charge in [-0.15, -0.1) is 0 Å². The van der Waals surface area contributed by atoms with E-state index in [1.54, 1.807) is 6.07 Å². The molecule has 1 aromatic carbocycles. The van der Waals surface area contributed by atoms with Crippen molar-refractivity contribution in [3.63, 3.8) is 0 Å². The minimum atomic E-state index is -0.155. The van der Waals surface area contributed by atoms with Crippen LogP contribution < -0.4 is 5.32 Å². The predicted molar refractivity (Wildman–Crippen MR) is 83.8 cm³/mol. The third kappa shape index (κ3) is 3.91. The van der Waals surface area contributed by atoms with E-state index in [4.69, 9.17) is 0 Å². The Labute approximate surface area is 126 Å². The molecule has 1 heterocycles. The Bertz CT molecular complexity index is 563. The van der Waals surface area contributed by atoms with Crippen molar-refractivity contribution in [2.24, 2.45) is 0 Å². The maximum Gasteiger partial charge on any atom is 0.128 e. The summed E-state index contributed by atoms with van der Waals surface area (Å²) >= 11 is 0. The molecule has 0 spiro atoms. The van der Waals surface area contributed by atoms with Crippen LogP contribution in [-0.4, -0.2) is 16.1 Å². The highest BCUT2D eigenvalue weighted by atomic mass is 19.1. The normalized spacial score (nSPS) is 12.8. The Morgan fingerprint density at radius 3 is 2.71 bits per heavy atom. The van der Waals surface area contributed by atoms with Crippen LogP contribution in [0.1, 0.15) is 50.5 Å². The lowest BCUT2D eigenvalue weighted by Gasteiger charge is -2.22. The van der Waals surface area contributed by atoms with Crippen molar-refractivity contribution in [3.8, 4) is 0 Å². The summed E-state index contributed by atoms with van der Waals surface area (Å²) < 4.78 is 16.2. The van der Waals surface area contributed by atoms with Crippen molar-refractivity contribution < 1.29 is 4.39 Å². The second-order valence-corrected chi connectivity index (χ2v) is 5.62. The summed E-state index contributed by atoms with van der Waals surface area (Å²) in [6.45, 7) is 7.91. The van der Waals surface area contributed by atoms with Crippen LogP contribution in [0.25, 0.3) is 0 Å². The van der Waals surface area contributed by atoms with Gasteiger partial charge in [-0.1, -0.05) is 39.0 Å². The van der Waals surface area contributed by atoms with Crippen LogP contribution in [0.4, 0.5) is 4.39 Å². The van der Waals surface area contributed by atoms with Gasteiger partial charge in [0, 0.05) is 30.4 Å². The van der Waals surface area contributed by atoms with Gasteiger partial charge in [0.25, 0.3) is 0 Å². The molecule has 3 nitrogen and oxygen atoms in total. The van der Waals surface area contributed by atoms with Gasteiger partial charge in [-0.2, -0.15) is 0 Å². The first-order valence-corrected chi connectivity index (χ1v) is 7.62. The lowest BCUT2D eigenvalue weighted by molar-refractivity contribution is 0.433. The minimum absolute atomic E-state index is 0.0437. The van der Waals surface area contributed by atoms with Gasteiger partial charge < -0.3 is 9.88 Å². The van der Waals surface area contributed by atoms with Gasteiger partial charge in [-0.05, 0) is 19.0 Å². The zero-order valence-electron chi connectivity index (χ0n) is 13.0. The first-order chi connectivity index (χ1) is 10.1. The first-order valence-electron chi connectivity index (χ1n) is 7.62. The number of benzene rings is 1. The van der Waals surface area contributed by atoms with Crippen LogP contribution in [0.3, 0.4) is 0 Å². The largest absolute Gasteiger partial charge is 0.333 e. The fourth-order valence-electron chi connectivity index (χ4n) is 2.52. The molecular weight excluding hydrogens is 265 g/mol. The second-order valence-electron chi connectivity index (χ2n) is 5.62. The lowest BCUT2D eigenvalue weighted by atomic mass is 10.1. The molecule has 2 aromatic rings. The molecule has 2 rings (SSSR count). The van der Waals surface area contributed by atoms with Crippen molar-refractivity contribution in [2.45, 2.75) is 45.7 Å². The Morgan fingerprint density at radius 2 is 2.05 bits per heavy atom. The smallest absolute Gasteiger partial charge is 0.128 e. The van der Waals surface area contributed by atoms with Crippen LogP contribution in [0.15, 0.2) is 36.7 Å². The maximum atomic E-state index is 14.1. The Morgan fingerprint density at radius 1 is 1.29 bits per heavy atom. The molecule has 1 unspecified atom stereocenters. The number of hydrogen-bond acceptors (Lipinski definition) is 2. The summed E-state index contributed by atoms with van der Waals surface area (Å²) in [5, 5.41) is 3.44. The van der Waals surface area contributed by atoms with Crippen LogP contribution in [0, 0.1) is 5.82 Å². The summed E-state index contributed by atoms with van der Waals surface area (Å²) in [5.74, 6) is 1.24. The average molecular weight is 289 g/mol. The number of rotatable bonds is 7. The average Bonchev–Trinajstić information content (AvgIpc) is 2.92. The first kappa shape index (κ1) is 15.7. The second kappa shape index (κ2) is 7.36. The monoisotopic (exact) mass is 289 g/mol. The molecule has 114 valence electrons. The maximum absolute atomic E-state index is 14.1. The van der Waals surface area contributed by atoms with Crippen LogP contribution >= 0.6 is 0 Å². The molecule has 0 aliphatic rings. The van der Waals surface area contributed by atoms with Crippen molar-refractivity contribution in [1.82, 2.24) is 14.9 Å². The molecule has 4 heteroatoms. The van der Waals surface area contributed by atoms with E-state index in [2.05, 4.69) is 35.6 Å². The molecule has 0 amide bonds. The Balaban J connectivity index is 2.24.